The van der Waals surface area contributed by atoms with E-state index in [9.17, 15) is 24.9 Å². The van der Waals surface area contributed by atoms with Crippen LogP contribution in [0.5, 0.6) is 0 Å². The second-order valence-electron chi connectivity index (χ2n) is 14.4. The van der Waals surface area contributed by atoms with Crippen molar-refractivity contribution in [3.63, 3.8) is 0 Å². The zero-order chi connectivity index (χ0) is 34.9. The molecule has 0 spiro atoms. The van der Waals surface area contributed by atoms with Crippen molar-refractivity contribution >= 4 is 12.1 Å². The zero-order valence-electron chi connectivity index (χ0n) is 29.8. The largest absolute Gasteiger partial charge is 0.457 e. The zero-order valence-corrected chi connectivity index (χ0v) is 29.8. The summed E-state index contributed by atoms with van der Waals surface area (Å²) >= 11 is 0. The van der Waals surface area contributed by atoms with Gasteiger partial charge in [-0.3, -0.25) is 4.79 Å². The smallest absolute Gasteiger partial charge is 0.410 e. The van der Waals surface area contributed by atoms with Crippen molar-refractivity contribution in [2.45, 2.75) is 128 Å². The van der Waals surface area contributed by atoms with E-state index in [-0.39, 0.29) is 49.4 Å². The van der Waals surface area contributed by atoms with Gasteiger partial charge in [0.15, 0.2) is 6.10 Å². The molecule has 11 heteroatoms. The fourth-order valence-electron chi connectivity index (χ4n) is 6.59. The predicted molar refractivity (Wildman–Crippen MR) is 180 cm³/mol. The highest BCUT2D eigenvalue weighted by Crippen LogP contribution is 2.38. The number of esters is 1. The molecule has 1 amide bonds. The van der Waals surface area contributed by atoms with Gasteiger partial charge in [-0.1, -0.05) is 45.1 Å². The van der Waals surface area contributed by atoms with Crippen LogP contribution in [0.15, 0.2) is 36.0 Å². The van der Waals surface area contributed by atoms with Crippen molar-refractivity contribution in [1.29, 1.82) is 0 Å². The number of methoxy groups -OCH3 is 1. The van der Waals surface area contributed by atoms with Crippen molar-refractivity contribution in [3.8, 4) is 0 Å². The molecule has 0 aromatic carbocycles. The van der Waals surface area contributed by atoms with Gasteiger partial charge in [-0.2, -0.15) is 0 Å². The number of allylic oxidation sites excluding steroid dienone is 2. The highest BCUT2D eigenvalue weighted by molar-refractivity contribution is 5.70. The lowest BCUT2D eigenvalue weighted by molar-refractivity contribution is -0.151. The molecule has 11 nitrogen and oxygen atoms in total. The second-order valence-corrected chi connectivity index (χ2v) is 14.4. The normalized spacial score (nSPS) is 34.4. The van der Waals surface area contributed by atoms with E-state index >= 15 is 0 Å². The van der Waals surface area contributed by atoms with Gasteiger partial charge in [-0.25, -0.2) is 4.79 Å². The van der Waals surface area contributed by atoms with E-state index in [0.29, 0.717) is 19.5 Å². The van der Waals surface area contributed by atoms with Crippen molar-refractivity contribution in [2.24, 2.45) is 11.8 Å². The molecular weight excluding hydrogens is 604 g/mol. The molecule has 3 rings (SSSR count). The van der Waals surface area contributed by atoms with Crippen LogP contribution in [0.3, 0.4) is 0 Å². The molecule has 0 aliphatic carbocycles. The minimum atomic E-state index is -1.48. The summed E-state index contributed by atoms with van der Waals surface area (Å²) in [6, 6.07) is 0. The minimum Gasteiger partial charge on any atom is -0.457 e. The van der Waals surface area contributed by atoms with Gasteiger partial charge >= 0.3 is 12.1 Å². The molecule has 268 valence electrons. The van der Waals surface area contributed by atoms with Crippen LogP contribution in [0.4, 0.5) is 4.79 Å². The number of carbonyl (C=O) groups excluding carboxylic acids is 2. The number of hydrogen-bond acceptors (Lipinski definition) is 10. The Morgan fingerprint density at radius 2 is 1.98 bits per heavy atom. The Bertz CT molecular complexity index is 1120. The van der Waals surface area contributed by atoms with Gasteiger partial charge < -0.3 is 44.1 Å². The maximum atomic E-state index is 13.2. The van der Waals surface area contributed by atoms with Crippen LogP contribution in [-0.2, 0) is 23.7 Å². The van der Waals surface area contributed by atoms with E-state index in [1.165, 1.54) is 0 Å². The molecular formula is C36H60N2O9. The molecule has 10 atom stereocenters. The highest BCUT2D eigenvalue weighted by Gasteiger charge is 2.47. The van der Waals surface area contributed by atoms with Crippen LogP contribution in [0.2, 0.25) is 0 Å². The Hall–Kier alpha value is -2.28. The molecule has 3 heterocycles. The van der Waals surface area contributed by atoms with Crippen LogP contribution in [0, 0.1) is 11.8 Å². The fraction of sp³-hybridized carbons (Fsp3) is 0.778. The predicted octanol–water partition coefficient (Wildman–Crippen LogP) is 4.00. The molecule has 3 aliphatic heterocycles. The Kier molecular flexibility index (Phi) is 14.5. The molecule has 2 saturated heterocycles. The summed E-state index contributed by atoms with van der Waals surface area (Å²) in [4.78, 5) is 29.9. The summed E-state index contributed by atoms with van der Waals surface area (Å²) in [5, 5.41) is 33.1. The number of epoxide rings is 1. The van der Waals surface area contributed by atoms with Crippen molar-refractivity contribution in [2.75, 3.05) is 40.3 Å². The van der Waals surface area contributed by atoms with Crippen LogP contribution in [0.25, 0.3) is 0 Å². The molecule has 0 radical (unpaired) electrons. The van der Waals surface area contributed by atoms with Gasteiger partial charge in [0.05, 0.1) is 36.4 Å². The third-order valence-electron chi connectivity index (χ3n) is 9.84. The first-order chi connectivity index (χ1) is 22.1. The van der Waals surface area contributed by atoms with Gasteiger partial charge in [0, 0.05) is 45.0 Å². The number of aliphatic hydroxyl groups is 3. The number of ether oxygens (including phenoxy) is 4. The van der Waals surface area contributed by atoms with Crippen LogP contribution < -0.4 is 0 Å². The molecule has 0 aromatic heterocycles. The Balaban J connectivity index is 1.74. The first-order valence-corrected chi connectivity index (χ1v) is 17.3. The van der Waals surface area contributed by atoms with Gasteiger partial charge in [-0.05, 0) is 71.7 Å². The number of carbonyl (C=O) groups is 2. The average molecular weight is 665 g/mol. The molecule has 0 aromatic rings. The molecule has 47 heavy (non-hydrogen) atoms. The Morgan fingerprint density at radius 3 is 2.66 bits per heavy atom. The number of nitrogens with zero attached hydrogens (tertiary/aromatic N) is 2. The summed E-state index contributed by atoms with van der Waals surface area (Å²) < 4.78 is 23.2. The molecule has 3 N–H and O–H groups in total. The van der Waals surface area contributed by atoms with E-state index < -0.39 is 41.6 Å². The summed E-state index contributed by atoms with van der Waals surface area (Å²) in [7, 11) is 3.73. The molecule has 10 unspecified atom stereocenters. The number of aliphatic hydroxyl groups excluding tert-OH is 1. The van der Waals surface area contributed by atoms with Gasteiger partial charge in [0.1, 0.15) is 11.7 Å². The second kappa shape index (κ2) is 17.4. The van der Waals surface area contributed by atoms with Crippen LogP contribution >= 0.6 is 0 Å². The molecule has 0 bridgehead atoms. The van der Waals surface area contributed by atoms with Crippen molar-refractivity contribution in [3.05, 3.63) is 36.0 Å². The lowest BCUT2D eigenvalue weighted by atomic mass is 9.88. The summed E-state index contributed by atoms with van der Waals surface area (Å²) in [6.07, 6.45) is 7.81. The molecule has 2 fully saturated rings. The summed E-state index contributed by atoms with van der Waals surface area (Å²) in [5.41, 5.74) is -1.87. The quantitative estimate of drug-likeness (QED) is 0.136. The maximum Gasteiger partial charge on any atom is 0.410 e. The minimum absolute atomic E-state index is 0.0469. The number of cyclic esters (lactones) is 1. The van der Waals surface area contributed by atoms with E-state index in [0.717, 1.165) is 31.5 Å². The van der Waals surface area contributed by atoms with Crippen LogP contribution in [-0.4, -0.2) is 125 Å². The van der Waals surface area contributed by atoms with Crippen LogP contribution in [0.1, 0.15) is 80.1 Å². The van der Waals surface area contributed by atoms with E-state index in [1.807, 2.05) is 20.9 Å². The maximum absolute atomic E-state index is 13.2. The Labute approximate surface area is 281 Å². The van der Waals surface area contributed by atoms with E-state index in [4.69, 9.17) is 18.9 Å². The lowest BCUT2D eigenvalue weighted by Gasteiger charge is -2.34. The van der Waals surface area contributed by atoms with Crippen molar-refractivity contribution in [1.82, 2.24) is 9.80 Å². The number of hydrogen-bond donors (Lipinski definition) is 3. The third-order valence-corrected chi connectivity index (χ3v) is 9.84. The Morgan fingerprint density at radius 1 is 1.26 bits per heavy atom. The van der Waals surface area contributed by atoms with Gasteiger partial charge in [-0.15, -0.1) is 0 Å². The SMILES string of the molecule is CCC(OC)C(C)C1OC1CC(C)(O)C=CC=C(C)C1OC(=O)CC(O)CCC(C)(O)C(OC(=O)N2CCCN(C)CC2)C=CC1C. The third kappa shape index (κ3) is 12.0. The van der Waals surface area contributed by atoms with Gasteiger partial charge in [0.2, 0.25) is 0 Å². The monoisotopic (exact) mass is 664 g/mol. The topological polar surface area (TPSA) is 142 Å². The first-order valence-electron chi connectivity index (χ1n) is 17.3. The number of amides is 1. The number of likely N-dealkylation sites (N-methyl/N-ethyl adjacent to an activating group) is 1. The fourth-order valence-corrected chi connectivity index (χ4v) is 6.59. The number of rotatable bonds is 10. The van der Waals surface area contributed by atoms with Gasteiger partial charge in [0.25, 0.3) is 0 Å². The average Bonchev–Trinajstić information content (AvgIpc) is 3.79. The van der Waals surface area contributed by atoms with E-state index in [2.05, 4.69) is 18.7 Å². The summed E-state index contributed by atoms with van der Waals surface area (Å²) in [6.45, 7) is 14.0. The summed E-state index contributed by atoms with van der Waals surface area (Å²) in [5.74, 6) is -0.684. The standard InChI is InChI=1S/C36H60N2O9/c1-9-28(44-8)26(4)33-29(45-33)23-35(5,42)16-10-12-24(2)32-25(3)13-14-30(36(6,43)17-15-27(39)22-31(40)47-32)46-34(41)38-19-11-18-37(7)20-21-38/h10,12-14,16,25-30,32-33,39,42-43H,9,11,15,17-23H2,1-8H3. The lowest BCUT2D eigenvalue weighted by Crippen LogP contribution is -2.45. The first kappa shape index (κ1) is 39.2. The van der Waals surface area contributed by atoms with E-state index in [1.54, 1.807) is 56.2 Å². The highest BCUT2D eigenvalue weighted by atomic mass is 16.6. The molecule has 3 aliphatic rings. The molecule has 0 saturated carbocycles. The van der Waals surface area contributed by atoms with Crippen molar-refractivity contribution < 1.29 is 43.9 Å².